The van der Waals surface area contributed by atoms with Crippen molar-refractivity contribution in [2.45, 2.75) is 245 Å². The van der Waals surface area contributed by atoms with Crippen LogP contribution >= 0.6 is 0 Å². The molecule has 0 rings (SSSR count). The number of esters is 3. The van der Waals surface area contributed by atoms with Gasteiger partial charge in [0.1, 0.15) is 13.2 Å². The third-order valence-corrected chi connectivity index (χ3v) is 12.4. The number of allylic oxidation sites excluding steroid dienone is 30. The molecule has 6 heteroatoms. The van der Waals surface area contributed by atoms with Crippen LogP contribution in [0.5, 0.6) is 0 Å². The molecule has 0 radical (unpaired) electrons. The van der Waals surface area contributed by atoms with Gasteiger partial charge in [-0.15, -0.1) is 0 Å². The Hall–Kier alpha value is -5.49. The van der Waals surface area contributed by atoms with Gasteiger partial charge in [0.25, 0.3) is 0 Å². The van der Waals surface area contributed by atoms with E-state index in [-0.39, 0.29) is 44.0 Å². The minimum atomic E-state index is -0.825. The van der Waals surface area contributed by atoms with Crippen molar-refractivity contribution in [1.82, 2.24) is 0 Å². The SMILES string of the molecule is CC/C=C\C/C=C\C/C=C\C/C=C\C/C=C\C/C=C\C/C=C\CCCCCCCCCC(=O)OCC(COC(=O)CCCC/C=C\C/C=C\C/C=C\C/C=C\CC)OC(=O)CCCCCC/C=C\C/C=C\C/C=C\C/C=C\CC. The summed E-state index contributed by atoms with van der Waals surface area (Å²) in [7, 11) is 0. The van der Waals surface area contributed by atoms with E-state index in [9.17, 15) is 14.4 Å². The fourth-order valence-electron chi connectivity index (χ4n) is 7.81. The maximum atomic E-state index is 12.9. The normalized spacial score (nSPS) is 13.4. The summed E-state index contributed by atoms with van der Waals surface area (Å²) < 4.78 is 16.8. The molecule has 1 atom stereocenters. The number of carbonyl (C=O) groups excluding carboxylic acids is 3. The first-order valence-corrected chi connectivity index (χ1v) is 31.3. The van der Waals surface area contributed by atoms with Crippen LogP contribution in [0.1, 0.15) is 239 Å². The van der Waals surface area contributed by atoms with Gasteiger partial charge in [-0.05, 0) is 154 Å². The van der Waals surface area contributed by atoms with E-state index in [4.69, 9.17) is 14.2 Å². The van der Waals surface area contributed by atoms with Crippen LogP contribution in [0, 0.1) is 0 Å². The topological polar surface area (TPSA) is 78.9 Å². The lowest BCUT2D eigenvalue weighted by atomic mass is 10.1. The highest BCUT2D eigenvalue weighted by Gasteiger charge is 2.19. The number of ether oxygens (including phenoxy) is 3. The van der Waals surface area contributed by atoms with E-state index >= 15 is 0 Å². The molecule has 440 valence electrons. The van der Waals surface area contributed by atoms with E-state index in [1.807, 2.05) is 0 Å². The second kappa shape index (κ2) is 65.0. The average molecular weight is 1090 g/mol. The first-order chi connectivity index (χ1) is 39.0. The van der Waals surface area contributed by atoms with Crippen molar-refractivity contribution < 1.29 is 28.6 Å². The predicted molar refractivity (Wildman–Crippen MR) is 343 cm³/mol. The van der Waals surface area contributed by atoms with Gasteiger partial charge in [0.2, 0.25) is 0 Å². The largest absolute Gasteiger partial charge is 0.462 e. The number of hydrogen-bond acceptors (Lipinski definition) is 6. The molecule has 0 saturated heterocycles. The third-order valence-electron chi connectivity index (χ3n) is 12.4. The van der Waals surface area contributed by atoms with Crippen molar-refractivity contribution in [3.8, 4) is 0 Å². The molecule has 0 N–H and O–H groups in total. The Balaban J connectivity index is 4.46. The van der Waals surface area contributed by atoms with Crippen LogP contribution < -0.4 is 0 Å². The van der Waals surface area contributed by atoms with E-state index in [0.29, 0.717) is 12.8 Å². The zero-order valence-electron chi connectivity index (χ0n) is 50.3. The quantitative estimate of drug-likeness (QED) is 0.0261. The number of unbranched alkanes of at least 4 members (excludes halogenated alkanes) is 13. The minimum absolute atomic E-state index is 0.117. The first kappa shape index (κ1) is 73.5. The molecule has 0 aliphatic heterocycles. The smallest absolute Gasteiger partial charge is 0.306 e. The van der Waals surface area contributed by atoms with Gasteiger partial charge in [-0.1, -0.05) is 248 Å². The van der Waals surface area contributed by atoms with Gasteiger partial charge in [0, 0.05) is 19.3 Å². The van der Waals surface area contributed by atoms with Gasteiger partial charge >= 0.3 is 17.9 Å². The van der Waals surface area contributed by atoms with Crippen LogP contribution in [-0.4, -0.2) is 37.2 Å². The second-order valence-electron chi connectivity index (χ2n) is 19.8. The Bertz CT molecular complexity index is 1870. The summed E-state index contributed by atoms with van der Waals surface area (Å²) in [5.41, 5.74) is 0. The van der Waals surface area contributed by atoms with Crippen LogP contribution in [0.2, 0.25) is 0 Å². The summed E-state index contributed by atoms with van der Waals surface area (Å²) in [6, 6.07) is 0. The Kier molecular flexibility index (Phi) is 60.5. The van der Waals surface area contributed by atoms with E-state index in [0.717, 1.165) is 173 Å². The molecule has 0 fully saturated rings. The molecule has 0 bridgehead atoms. The molecule has 0 aromatic rings. The van der Waals surface area contributed by atoms with Crippen LogP contribution in [0.15, 0.2) is 182 Å². The lowest BCUT2D eigenvalue weighted by Crippen LogP contribution is -2.30. The Morgan fingerprint density at radius 3 is 0.734 bits per heavy atom. The van der Waals surface area contributed by atoms with Crippen molar-refractivity contribution in [1.29, 1.82) is 0 Å². The highest BCUT2D eigenvalue weighted by Crippen LogP contribution is 2.13. The van der Waals surface area contributed by atoms with Gasteiger partial charge in [-0.25, -0.2) is 0 Å². The van der Waals surface area contributed by atoms with Crippen LogP contribution in [-0.2, 0) is 28.6 Å². The molecule has 0 aliphatic rings. The Morgan fingerprint density at radius 1 is 0.253 bits per heavy atom. The molecule has 0 aliphatic carbocycles. The summed E-state index contributed by atoms with van der Waals surface area (Å²) in [6.45, 7) is 6.22. The minimum Gasteiger partial charge on any atom is -0.462 e. The van der Waals surface area contributed by atoms with E-state index < -0.39 is 6.10 Å². The molecule has 6 nitrogen and oxygen atoms in total. The molecular weight excluding hydrogens is 973 g/mol. The highest BCUT2D eigenvalue weighted by atomic mass is 16.6. The van der Waals surface area contributed by atoms with Crippen molar-refractivity contribution in [3.63, 3.8) is 0 Å². The average Bonchev–Trinajstić information content (AvgIpc) is 3.45. The Morgan fingerprint density at radius 2 is 0.456 bits per heavy atom. The van der Waals surface area contributed by atoms with Crippen molar-refractivity contribution in [3.05, 3.63) is 182 Å². The predicted octanol–water partition coefficient (Wildman–Crippen LogP) is 21.7. The molecule has 0 heterocycles. The summed E-state index contributed by atoms with van der Waals surface area (Å²) in [5.74, 6) is -1.00. The third kappa shape index (κ3) is 63.2. The first-order valence-electron chi connectivity index (χ1n) is 31.3. The zero-order valence-corrected chi connectivity index (χ0v) is 50.3. The fourth-order valence-corrected chi connectivity index (χ4v) is 7.81. The van der Waals surface area contributed by atoms with Gasteiger partial charge in [-0.3, -0.25) is 14.4 Å². The molecular formula is C73H112O6. The molecule has 0 saturated carbocycles. The monoisotopic (exact) mass is 1080 g/mol. The van der Waals surface area contributed by atoms with Crippen LogP contribution in [0.4, 0.5) is 0 Å². The molecule has 0 spiro atoms. The molecule has 0 amide bonds. The molecule has 79 heavy (non-hydrogen) atoms. The van der Waals surface area contributed by atoms with E-state index in [1.165, 1.54) is 19.3 Å². The molecule has 0 aromatic heterocycles. The van der Waals surface area contributed by atoms with E-state index in [1.54, 1.807) is 0 Å². The van der Waals surface area contributed by atoms with Crippen LogP contribution in [0.3, 0.4) is 0 Å². The second-order valence-corrected chi connectivity index (χ2v) is 19.8. The van der Waals surface area contributed by atoms with Gasteiger partial charge in [0.05, 0.1) is 0 Å². The number of rotatable bonds is 54. The molecule has 1 unspecified atom stereocenters. The highest BCUT2D eigenvalue weighted by molar-refractivity contribution is 5.71. The summed E-state index contributed by atoms with van der Waals surface area (Å²) in [5, 5.41) is 0. The summed E-state index contributed by atoms with van der Waals surface area (Å²) >= 11 is 0. The lowest BCUT2D eigenvalue weighted by Gasteiger charge is -2.18. The number of hydrogen-bond donors (Lipinski definition) is 0. The summed E-state index contributed by atoms with van der Waals surface area (Å²) in [6.07, 6.45) is 97.5. The summed E-state index contributed by atoms with van der Waals surface area (Å²) in [4.78, 5) is 38.3. The lowest BCUT2D eigenvalue weighted by molar-refractivity contribution is -0.167. The fraction of sp³-hybridized carbons (Fsp3) is 0.548. The van der Waals surface area contributed by atoms with Crippen molar-refractivity contribution in [2.24, 2.45) is 0 Å². The van der Waals surface area contributed by atoms with Crippen molar-refractivity contribution in [2.75, 3.05) is 13.2 Å². The van der Waals surface area contributed by atoms with Gasteiger partial charge < -0.3 is 14.2 Å². The standard InChI is InChI=1S/C73H112O6/c1-4-7-10-13-16-19-22-25-28-30-31-32-33-34-35-36-37-38-39-40-41-43-45-48-51-54-57-60-63-66-72(75)78-69-70(68-77-71(74)65-62-59-56-53-50-47-44-27-24-21-18-15-12-9-6-3)79-73(76)67-64-61-58-55-52-49-46-42-29-26-23-20-17-14-11-8-5-2/h7-12,16-21,25-29,31-32,34-35,37-38,40-41,44,46,49-50,53,70H,4-6,13-15,22-24,30,33,36,39,42-43,45,47-48,51-52,54-69H2,1-3H3/b10-7-,11-8-,12-9-,19-16-,20-17-,21-18-,28-25-,29-26-,32-31-,35-34-,38-37-,41-40-,44-27-,49-46-,53-50-. The van der Waals surface area contributed by atoms with Gasteiger partial charge in [0.15, 0.2) is 6.10 Å². The van der Waals surface area contributed by atoms with E-state index in [2.05, 4.69) is 203 Å². The Labute approximate surface area is 484 Å². The van der Waals surface area contributed by atoms with Crippen LogP contribution in [0.25, 0.3) is 0 Å². The van der Waals surface area contributed by atoms with Gasteiger partial charge in [-0.2, -0.15) is 0 Å². The van der Waals surface area contributed by atoms with Crippen molar-refractivity contribution >= 4 is 17.9 Å². The maximum absolute atomic E-state index is 12.9. The maximum Gasteiger partial charge on any atom is 0.306 e. The number of carbonyl (C=O) groups is 3. The molecule has 0 aromatic carbocycles. The zero-order chi connectivity index (χ0) is 57.1.